The average molecular weight is 200 g/mol. The van der Waals surface area contributed by atoms with E-state index in [1.165, 1.54) is 0 Å². The number of nitrogens with two attached hydrogens (primary N) is 1. The van der Waals surface area contributed by atoms with E-state index in [2.05, 4.69) is 0 Å². The highest BCUT2D eigenvalue weighted by Gasteiger charge is 2.08. The third kappa shape index (κ3) is 2.99. The second kappa shape index (κ2) is 5.22. The minimum atomic E-state index is -0.131. The lowest BCUT2D eigenvalue weighted by Crippen LogP contribution is -2.17. The van der Waals surface area contributed by atoms with Crippen molar-refractivity contribution >= 4 is 11.6 Å². The van der Waals surface area contributed by atoms with Gasteiger partial charge in [0.1, 0.15) is 0 Å². The molecule has 0 aliphatic heterocycles. The van der Waals surface area contributed by atoms with Gasteiger partial charge in [-0.3, -0.25) is 0 Å². The zero-order valence-electron chi connectivity index (χ0n) is 7.66. The molecule has 1 unspecified atom stereocenters. The summed E-state index contributed by atoms with van der Waals surface area (Å²) in [5.74, 6) is 0. The molecule has 0 bridgehead atoms. The molecule has 2 N–H and O–H groups in total. The summed E-state index contributed by atoms with van der Waals surface area (Å²) < 4.78 is 5.22. The maximum atomic E-state index is 5.96. The van der Waals surface area contributed by atoms with Crippen LogP contribution in [0.5, 0.6) is 0 Å². The predicted octanol–water partition coefficient (Wildman–Crippen LogP) is 2.38. The van der Waals surface area contributed by atoms with E-state index in [4.69, 9.17) is 22.1 Å². The van der Waals surface area contributed by atoms with Crippen molar-refractivity contribution in [3.63, 3.8) is 0 Å². The van der Waals surface area contributed by atoms with E-state index in [1.54, 1.807) is 0 Å². The van der Waals surface area contributed by atoms with Gasteiger partial charge in [-0.05, 0) is 18.6 Å². The zero-order valence-corrected chi connectivity index (χ0v) is 8.42. The van der Waals surface area contributed by atoms with Gasteiger partial charge in [0, 0.05) is 11.6 Å². The van der Waals surface area contributed by atoms with Crippen LogP contribution in [0.1, 0.15) is 18.5 Å². The van der Waals surface area contributed by atoms with Gasteiger partial charge in [-0.2, -0.15) is 0 Å². The summed E-state index contributed by atoms with van der Waals surface area (Å²) in [5, 5.41) is 0.703. The van der Waals surface area contributed by atoms with Gasteiger partial charge in [-0.25, -0.2) is 0 Å². The van der Waals surface area contributed by atoms with Crippen LogP contribution in [-0.4, -0.2) is 13.2 Å². The lowest BCUT2D eigenvalue weighted by atomic mass is 10.1. The van der Waals surface area contributed by atoms with E-state index in [0.29, 0.717) is 18.2 Å². The number of halogens is 1. The topological polar surface area (TPSA) is 35.2 Å². The summed E-state index contributed by atoms with van der Waals surface area (Å²) in [4.78, 5) is 0. The molecule has 1 rings (SSSR count). The van der Waals surface area contributed by atoms with Crippen LogP contribution < -0.4 is 5.73 Å². The van der Waals surface area contributed by atoms with Gasteiger partial charge < -0.3 is 10.5 Å². The number of ether oxygens (including phenoxy) is 1. The molecule has 0 amide bonds. The Labute approximate surface area is 83.6 Å². The first kappa shape index (κ1) is 10.5. The summed E-state index contributed by atoms with van der Waals surface area (Å²) in [6.45, 7) is 3.14. The van der Waals surface area contributed by atoms with E-state index in [-0.39, 0.29) is 6.04 Å². The summed E-state index contributed by atoms with van der Waals surface area (Å²) in [6, 6.07) is 7.44. The molecule has 1 aromatic carbocycles. The lowest BCUT2D eigenvalue weighted by Gasteiger charge is -2.12. The molecule has 0 fully saturated rings. The number of rotatable bonds is 4. The second-order valence-corrected chi connectivity index (χ2v) is 3.19. The molecule has 1 aromatic rings. The van der Waals surface area contributed by atoms with E-state index in [1.807, 2.05) is 31.2 Å². The Morgan fingerprint density at radius 3 is 2.77 bits per heavy atom. The van der Waals surface area contributed by atoms with Gasteiger partial charge in [-0.1, -0.05) is 29.8 Å². The molecule has 0 aliphatic carbocycles. The molecule has 13 heavy (non-hydrogen) atoms. The van der Waals surface area contributed by atoms with Gasteiger partial charge in [0.25, 0.3) is 0 Å². The van der Waals surface area contributed by atoms with E-state index < -0.39 is 0 Å². The number of benzene rings is 1. The Morgan fingerprint density at radius 2 is 2.15 bits per heavy atom. The molecule has 0 spiro atoms. The van der Waals surface area contributed by atoms with Gasteiger partial charge in [-0.15, -0.1) is 0 Å². The zero-order chi connectivity index (χ0) is 9.68. The molecule has 0 saturated carbocycles. The minimum absolute atomic E-state index is 0.131. The van der Waals surface area contributed by atoms with E-state index >= 15 is 0 Å². The SMILES string of the molecule is CCOCC(N)c1ccccc1Cl. The minimum Gasteiger partial charge on any atom is -0.380 e. The van der Waals surface area contributed by atoms with Crippen LogP contribution in [0.4, 0.5) is 0 Å². The smallest absolute Gasteiger partial charge is 0.0659 e. The molecular weight excluding hydrogens is 186 g/mol. The van der Waals surface area contributed by atoms with Crippen LogP contribution in [0.25, 0.3) is 0 Å². The fourth-order valence-corrected chi connectivity index (χ4v) is 1.39. The first-order valence-electron chi connectivity index (χ1n) is 4.33. The molecule has 72 valence electrons. The monoisotopic (exact) mass is 199 g/mol. The molecular formula is C10H14ClNO. The first-order valence-corrected chi connectivity index (χ1v) is 4.71. The van der Waals surface area contributed by atoms with Crippen LogP contribution >= 0.6 is 11.6 Å². The normalized spacial score (nSPS) is 12.8. The van der Waals surface area contributed by atoms with Crippen LogP contribution in [0.3, 0.4) is 0 Å². The average Bonchev–Trinajstić information content (AvgIpc) is 2.15. The molecule has 0 aliphatic rings. The maximum absolute atomic E-state index is 5.96. The first-order chi connectivity index (χ1) is 6.25. The largest absolute Gasteiger partial charge is 0.380 e. The van der Waals surface area contributed by atoms with Crippen LogP contribution in [-0.2, 0) is 4.74 Å². The lowest BCUT2D eigenvalue weighted by molar-refractivity contribution is 0.133. The van der Waals surface area contributed by atoms with Crippen LogP contribution in [0.15, 0.2) is 24.3 Å². The third-order valence-corrected chi connectivity index (χ3v) is 2.15. The highest BCUT2D eigenvalue weighted by molar-refractivity contribution is 6.31. The third-order valence-electron chi connectivity index (χ3n) is 1.81. The molecule has 3 heteroatoms. The van der Waals surface area contributed by atoms with Gasteiger partial charge in [0.2, 0.25) is 0 Å². The Bertz CT molecular complexity index is 265. The standard InChI is InChI=1S/C10H14ClNO/c1-2-13-7-10(12)8-5-3-4-6-9(8)11/h3-6,10H,2,7,12H2,1H3. The highest BCUT2D eigenvalue weighted by Crippen LogP contribution is 2.20. The summed E-state index contributed by atoms with van der Waals surface area (Å²) in [7, 11) is 0. The molecule has 1 atom stereocenters. The number of hydrogen-bond donors (Lipinski definition) is 1. The predicted molar refractivity (Wildman–Crippen MR) is 54.9 cm³/mol. The Morgan fingerprint density at radius 1 is 1.46 bits per heavy atom. The van der Waals surface area contributed by atoms with Crippen molar-refractivity contribution in [2.24, 2.45) is 5.73 Å². The molecule has 0 radical (unpaired) electrons. The maximum Gasteiger partial charge on any atom is 0.0659 e. The van der Waals surface area contributed by atoms with Crippen LogP contribution in [0, 0.1) is 0 Å². The van der Waals surface area contributed by atoms with Crippen molar-refractivity contribution in [1.82, 2.24) is 0 Å². The second-order valence-electron chi connectivity index (χ2n) is 2.79. The Balaban J connectivity index is 2.65. The fourth-order valence-electron chi connectivity index (χ4n) is 1.11. The Kier molecular flexibility index (Phi) is 4.22. The number of hydrogen-bond acceptors (Lipinski definition) is 2. The molecule has 0 aromatic heterocycles. The van der Waals surface area contributed by atoms with Gasteiger partial charge >= 0.3 is 0 Å². The molecule has 2 nitrogen and oxygen atoms in total. The quantitative estimate of drug-likeness (QED) is 0.808. The van der Waals surface area contributed by atoms with Gasteiger partial charge in [0.05, 0.1) is 12.6 Å². The molecule has 0 heterocycles. The Hall–Kier alpha value is -0.570. The van der Waals surface area contributed by atoms with Gasteiger partial charge in [0.15, 0.2) is 0 Å². The van der Waals surface area contributed by atoms with Crippen molar-refractivity contribution in [2.45, 2.75) is 13.0 Å². The van der Waals surface area contributed by atoms with Crippen molar-refractivity contribution < 1.29 is 4.74 Å². The van der Waals surface area contributed by atoms with Crippen molar-refractivity contribution in [3.05, 3.63) is 34.9 Å². The summed E-state index contributed by atoms with van der Waals surface area (Å²) in [6.07, 6.45) is 0. The van der Waals surface area contributed by atoms with E-state index in [9.17, 15) is 0 Å². The highest BCUT2D eigenvalue weighted by atomic mass is 35.5. The fraction of sp³-hybridized carbons (Fsp3) is 0.400. The van der Waals surface area contributed by atoms with Crippen molar-refractivity contribution in [1.29, 1.82) is 0 Å². The summed E-state index contributed by atoms with van der Waals surface area (Å²) in [5.41, 5.74) is 6.81. The summed E-state index contributed by atoms with van der Waals surface area (Å²) >= 11 is 5.96. The van der Waals surface area contributed by atoms with Crippen molar-refractivity contribution in [3.8, 4) is 0 Å². The van der Waals surface area contributed by atoms with E-state index in [0.717, 1.165) is 5.56 Å². The molecule has 0 saturated heterocycles. The van der Waals surface area contributed by atoms with Crippen molar-refractivity contribution in [2.75, 3.05) is 13.2 Å². The van der Waals surface area contributed by atoms with Crippen LogP contribution in [0.2, 0.25) is 5.02 Å².